The average molecular weight is 341 g/mol. The second-order valence-corrected chi connectivity index (χ2v) is 7.14. The van der Waals surface area contributed by atoms with Gasteiger partial charge in [-0.05, 0) is 41.7 Å². The molecular formula is C21H27NO3. The minimum Gasteiger partial charge on any atom is -0.493 e. The molecule has 2 aromatic carbocycles. The number of methoxy groups -OCH3 is 2. The Bertz CT molecular complexity index is 730. The first-order chi connectivity index (χ1) is 11.8. The third-order valence-corrected chi connectivity index (χ3v) is 4.27. The van der Waals surface area contributed by atoms with E-state index in [1.165, 1.54) is 5.56 Å². The predicted octanol–water partition coefficient (Wildman–Crippen LogP) is 4.49. The molecule has 0 aromatic heterocycles. The molecule has 1 N–H and O–H groups in total. The van der Waals surface area contributed by atoms with Crippen molar-refractivity contribution in [1.82, 2.24) is 5.32 Å². The van der Waals surface area contributed by atoms with Gasteiger partial charge in [0.2, 0.25) is 0 Å². The highest BCUT2D eigenvalue weighted by Gasteiger charge is 2.16. The summed E-state index contributed by atoms with van der Waals surface area (Å²) >= 11 is 0. The summed E-state index contributed by atoms with van der Waals surface area (Å²) < 4.78 is 10.5. The van der Waals surface area contributed by atoms with Gasteiger partial charge < -0.3 is 14.8 Å². The SMILES string of the molecule is COc1ccc(C(=O)N[C@H](C)c2ccc(C(C)(C)C)cc2)cc1OC. The number of carbonyl (C=O) groups is 1. The van der Waals surface area contributed by atoms with E-state index in [0.29, 0.717) is 17.1 Å². The van der Waals surface area contributed by atoms with Gasteiger partial charge in [0.15, 0.2) is 11.5 Å². The molecule has 2 rings (SSSR count). The van der Waals surface area contributed by atoms with Gasteiger partial charge >= 0.3 is 0 Å². The second kappa shape index (κ2) is 7.60. The van der Waals surface area contributed by atoms with E-state index in [1.807, 2.05) is 6.92 Å². The molecule has 0 saturated heterocycles. The van der Waals surface area contributed by atoms with Crippen LogP contribution in [-0.2, 0) is 5.41 Å². The normalized spacial score (nSPS) is 12.4. The van der Waals surface area contributed by atoms with Crippen LogP contribution in [0.1, 0.15) is 55.2 Å². The van der Waals surface area contributed by atoms with Gasteiger partial charge in [-0.2, -0.15) is 0 Å². The molecule has 0 spiro atoms. The van der Waals surface area contributed by atoms with Crippen LogP contribution in [0.25, 0.3) is 0 Å². The lowest BCUT2D eigenvalue weighted by Crippen LogP contribution is -2.26. The van der Waals surface area contributed by atoms with Crippen molar-refractivity contribution in [3.8, 4) is 11.5 Å². The van der Waals surface area contributed by atoms with E-state index < -0.39 is 0 Å². The molecule has 0 heterocycles. The van der Waals surface area contributed by atoms with Crippen molar-refractivity contribution >= 4 is 5.91 Å². The van der Waals surface area contributed by atoms with Crippen LogP contribution >= 0.6 is 0 Å². The first-order valence-corrected chi connectivity index (χ1v) is 8.39. The summed E-state index contributed by atoms with van der Waals surface area (Å²) in [6, 6.07) is 13.4. The Balaban J connectivity index is 2.12. The largest absolute Gasteiger partial charge is 0.493 e. The Labute approximate surface area is 150 Å². The smallest absolute Gasteiger partial charge is 0.251 e. The van der Waals surface area contributed by atoms with E-state index in [0.717, 1.165) is 5.56 Å². The van der Waals surface area contributed by atoms with Crippen molar-refractivity contribution in [2.24, 2.45) is 0 Å². The van der Waals surface area contributed by atoms with Gasteiger partial charge in [-0.1, -0.05) is 45.0 Å². The number of carbonyl (C=O) groups excluding carboxylic acids is 1. The molecule has 0 fully saturated rings. The van der Waals surface area contributed by atoms with Crippen molar-refractivity contribution < 1.29 is 14.3 Å². The maximum atomic E-state index is 12.5. The molecule has 0 aliphatic rings. The third-order valence-electron chi connectivity index (χ3n) is 4.27. The maximum Gasteiger partial charge on any atom is 0.251 e. The van der Waals surface area contributed by atoms with Gasteiger partial charge in [0.25, 0.3) is 5.91 Å². The summed E-state index contributed by atoms with van der Waals surface area (Å²) in [5.41, 5.74) is 3.00. The van der Waals surface area contributed by atoms with E-state index >= 15 is 0 Å². The number of nitrogens with one attached hydrogen (secondary N) is 1. The fourth-order valence-electron chi connectivity index (χ4n) is 2.61. The van der Waals surface area contributed by atoms with Crippen LogP contribution in [0.5, 0.6) is 11.5 Å². The Morgan fingerprint density at radius 2 is 1.56 bits per heavy atom. The Morgan fingerprint density at radius 3 is 2.08 bits per heavy atom. The number of hydrogen-bond donors (Lipinski definition) is 1. The molecular weight excluding hydrogens is 314 g/mol. The Morgan fingerprint density at radius 1 is 0.960 bits per heavy atom. The number of rotatable bonds is 5. The molecule has 134 valence electrons. The molecule has 4 nitrogen and oxygen atoms in total. The van der Waals surface area contributed by atoms with Crippen LogP contribution < -0.4 is 14.8 Å². The van der Waals surface area contributed by atoms with E-state index in [4.69, 9.17) is 9.47 Å². The lowest BCUT2D eigenvalue weighted by atomic mass is 9.86. The van der Waals surface area contributed by atoms with Crippen molar-refractivity contribution in [2.75, 3.05) is 14.2 Å². The lowest BCUT2D eigenvalue weighted by molar-refractivity contribution is 0.0939. The van der Waals surface area contributed by atoms with Gasteiger partial charge in [0.1, 0.15) is 0 Å². The van der Waals surface area contributed by atoms with E-state index in [-0.39, 0.29) is 17.4 Å². The van der Waals surface area contributed by atoms with Crippen LogP contribution in [0.4, 0.5) is 0 Å². The molecule has 2 aromatic rings. The van der Waals surface area contributed by atoms with E-state index in [1.54, 1.807) is 32.4 Å². The maximum absolute atomic E-state index is 12.5. The number of amides is 1. The summed E-state index contributed by atoms with van der Waals surface area (Å²) in [5.74, 6) is 0.996. The summed E-state index contributed by atoms with van der Waals surface area (Å²) in [7, 11) is 3.12. The molecule has 0 saturated carbocycles. The van der Waals surface area contributed by atoms with Gasteiger partial charge in [0.05, 0.1) is 20.3 Å². The molecule has 0 aliphatic carbocycles. The monoisotopic (exact) mass is 341 g/mol. The standard InChI is InChI=1S/C21H27NO3/c1-14(15-7-10-17(11-8-15)21(2,3)4)22-20(23)16-9-12-18(24-5)19(13-16)25-6/h7-14H,1-6H3,(H,22,23)/t14-/m1/s1. The van der Waals surface area contributed by atoms with Gasteiger partial charge in [-0.3, -0.25) is 4.79 Å². The van der Waals surface area contributed by atoms with Crippen LogP contribution in [-0.4, -0.2) is 20.1 Å². The quantitative estimate of drug-likeness (QED) is 0.871. The highest BCUT2D eigenvalue weighted by molar-refractivity contribution is 5.95. The predicted molar refractivity (Wildman–Crippen MR) is 101 cm³/mol. The molecule has 0 unspecified atom stereocenters. The van der Waals surface area contributed by atoms with Crippen LogP contribution in [0.15, 0.2) is 42.5 Å². The average Bonchev–Trinajstić information content (AvgIpc) is 2.60. The number of benzene rings is 2. The minimum atomic E-state index is -0.145. The minimum absolute atomic E-state index is 0.0883. The van der Waals surface area contributed by atoms with E-state index in [2.05, 4.69) is 50.4 Å². The van der Waals surface area contributed by atoms with Gasteiger partial charge in [-0.15, -0.1) is 0 Å². The van der Waals surface area contributed by atoms with Gasteiger partial charge in [-0.25, -0.2) is 0 Å². The lowest BCUT2D eigenvalue weighted by Gasteiger charge is -2.21. The highest BCUT2D eigenvalue weighted by Crippen LogP contribution is 2.28. The fourth-order valence-corrected chi connectivity index (χ4v) is 2.61. The number of ether oxygens (including phenoxy) is 2. The van der Waals surface area contributed by atoms with Gasteiger partial charge in [0, 0.05) is 5.56 Å². The molecule has 1 amide bonds. The van der Waals surface area contributed by atoms with Crippen LogP contribution in [0, 0.1) is 0 Å². The van der Waals surface area contributed by atoms with Crippen LogP contribution in [0.3, 0.4) is 0 Å². The first kappa shape index (κ1) is 18.8. The summed E-state index contributed by atoms with van der Waals surface area (Å²) in [6.07, 6.45) is 0. The van der Waals surface area contributed by atoms with Crippen molar-refractivity contribution in [1.29, 1.82) is 0 Å². The fraction of sp³-hybridized carbons (Fsp3) is 0.381. The Hall–Kier alpha value is -2.49. The summed E-state index contributed by atoms with van der Waals surface area (Å²) in [5, 5.41) is 3.02. The zero-order valence-electron chi connectivity index (χ0n) is 15.8. The summed E-state index contributed by atoms with van der Waals surface area (Å²) in [6.45, 7) is 8.53. The summed E-state index contributed by atoms with van der Waals surface area (Å²) in [4.78, 5) is 12.5. The van der Waals surface area contributed by atoms with Crippen molar-refractivity contribution in [2.45, 2.75) is 39.2 Å². The van der Waals surface area contributed by atoms with Crippen molar-refractivity contribution in [3.63, 3.8) is 0 Å². The van der Waals surface area contributed by atoms with E-state index in [9.17, 15) is 4.79 Å². The third kappa shape index (κ3) is 4.53. The molecule has 25 heavy (non-hydrogen) atoms. The second-order valence-electron chi connectivity index (χ2n) is 7.14. The molecule has 0 aliphatic heterocycles. The number of hydrogen-bond acceptors (Lipinski definition) is 3. The zero-order valence-corrected chi connectivity index (χ0v) is 15.8. The molecule has 0 radical (unpaired) electrons. The van der Waals surface area contributed by atoms with Crippen LogP contribution in [0.2, 0.25) is 0 Å². The molecule has 1 atom stereocenters. The first-order valence-electron chi connectivity index (χ1n) is 8.39. The molecule has 4 heteroatoms. The molecule has 0 bridgehead atoms. The zero-order chi connectivity index (χ0) is 18.6. The topological polar surface area (TPSA) is 47.6 Å². The van der Waals surface area contributed by atoms with Crippen molar-refractivity contribution in [3.05, 3.63) is 59.2 Å². The Kier molecular flexibility index (Phi) is 5.73. The highest BCUT2D eigenvalue weighted by atomic mass is 16.5.